The van der Waals surface area contributed by atoms with Crippen LogP contribution in [0.1, 0.15) is 86.0 Å². The third-order valence-electron chi connectivity index (χ3n) is 9.87. The fourth-order valence-electron chi connectivity index (χ4n) is 8.20. The normalized spacial score (nSPS) is 48.2. The largest absolute Gasteiger partial charge is 0.389 e. The molecule has 2 saturated carbocycles. The Balaban J connectivity index is 1.51. The molecule has 0 aliphatic heterocycles. The molecule has 0 bridgehead atoms. The summed E-state index contributed by atoms with van der Waals surface area (Å²) in [5.41, 5.74) is 0.810. The van der Waals surface area contributed by atoms with Crippen LogP contribution in [0.15, 0.2) is 24.3 Å². The Labute approximate surface area is 174 Å². The van der Waals surface area contributed by atoms with E-state index in [2.05, 4.69) is 58.9 Å². The molecule has 28 heavy (non-hydrogen) atoms. The van der Waals surface area contributed by atoms with E-state index in [1.165, 1.54) is 44.9 Å². The van der Waals surface area contributed by atoms with Gasteiger partial charge >= 0.3 is 0 Å². The first-order valence-corrected chi connectivity index (χ1v) is 12.3. The van der Waals surface area contributed by atoms with Gasteiger partial charge in [-0.3, -0.25) is 0 Å². The molecule has 0 unspecified atom stereocenters. The summed E-state index contributed by atoms with van der Waals surface area (Å²) >= 11 is 0. The molecule has 9 atom stereocenters. The minimum absolute atomic E-state index is 0.240. The Morgan fingerprint density at radius 2 is 1.75 bits per heavy atom. The van der Waals surface area contributed by atoms with Crippen molar-refractivity contribution < 1.29 is 5.11 Å². The number of allylic oxidation sites excluding steroid dienone is 3. The van der Waals surface area contributed by atoms with Gasteiger partial charge in [-0.05, 0) is 84.4 Å². The highest BCUT2D eigenvalue weighted by molar-refractivity contribution is 5.24. The molecule has 1 heteroatoms. The minimum Gasteiger partial charge on any atom is -0.389 e. The zero-order valence-electron chi connectivity index (χ0n) is 19.0. The summed E-state index contributed by atoms with van der Waals surface area (Å²) < 4.78 is 0. The second kappa shape index (κ2) is 7.60. The van der Waals surface area contributed by atoms with Gasteiger partial charge in [-0.1, -0.05) is 78.2 Å². The van der Waals surface area contributed by atoms with Crippen LogP contribution < -0.4 is 0 Å². The highest BCUT2D eigenvalue weighted by Crippen LogP contribution is 2.66. The predicted molar refractivity (Wildman–Crippen MR) is 119 cm³/mol. The lowest BCUT2D eigenvalue weighted by Gasteiger charge is -2.57. The Kier molecular flexibility index (Phi) is 5.62. The average Bonchev–Trinajstić information content (AvgIpc) is 2.99. The van der Waals surface area contributed by atoms with Gasteiger partial charge in [0.15, 0.2) is 0 Å². The summed E-state index contributed by atoms with van der Waals surface area (Å²) in [5, 5.41) is 10.1. The molecule has 0 spiro atoms. The van der Waals surface area contributed by atoms with Gasteiger partial charge in [0.2, 0.25) is 0 Å². The maximum atomic E-state index is 10.1. The number of aliphatic hydroxyl groups excluding tert-OH is 1. The highest BCUT2D eigenvalue weighted by atomic mass is 16.3. The average molecular weight is 385 g/mol. The number of fused-ring (bicyclic) bond motifs is 5. The Hall–Kier alpha value is -0.560. The summed E-state index contributed by atoms with van der Waals surface area (Å²) in [4.78, 5) is 0. The van der Waals surface area contributed by atoms with E-state index in [4.69, 9.17) is 0 Å². The third-order valence-corrected chi connectivity index (χ3v) is 9.87. The summed E-state index contributed by atoms with van der Waals surface area (Å²) in [6.45, 7) is 12.4. The SMILES string of the molecule is CC(C)CCC[C@@H](C)[C@H]1CC[C@H]2[C@@H]3C=C[C@H]4C[C@@H](O)C=C[C@]4(C)[C@H]3CC[C@]12C. The van der Waals surface area contributed by atoms with Crippen LogP contribution in [-0.4, -0.2) is 11.2 Å². The maximum absolute atomic E-state index is 10.1. The van der Waals surface area contributed by atoms with Gasteiger partial charge in [0.05, 0.1) is 6.10 Å². The number of hydrogen-bond donors (Lipinski definition) is 1. The molecule has 4 aliphatic carbocycles. The first-order valence-electron chi connectivity index (χ1n) is 12.3. The van der Waals surface area contributed by atoms with Gasteiger partial charge in [0.1, 0.15) is 0 Å². The standard InChI is InChI=1S/C27H44O/c1-18(2)7-6-8-19(3)23-11-12-24-22-10-9-20-17-21(28)13-15-26(20,4)25(22)14-16-27(23,24)5/h9-10,13,15,18-25,28H,6-8,11-12,14,16-17H2,1-5H3/t19-,20+,21+,22+,23-,24+,25+,26+,27-/m1/s1. The molecule has 0 heterocycles. The molecular weight excluding hydrogens is 340 g/mol. The fraction of sp³-hybridized carbons (Fsp3) is 0.852. The highest BCUT2D eigenvalue weighted by Gasteiger charge is 2.58. The smallest absolute Gasteiger partial charge is 0.0727 e. The number of hydrogen-bond acceptors (Lipinski definition) is 1. The van der Waals surface area contributed by atoms with E-state index in [0.717, 1.165) is 41.9 Å². The van der Waals surface area contributed by atoms with Gasteiger partial charge in [-0.2, -0.15) is 0 Å². The molecule has 0 amide bonds. The van der Waals surface area contributed by atoms with E-state index >= 15 is 0 Å². The summed E-state index contributed by atoms with van der Waals surface area (Å²) in [6.07, 6.45) is 20.2. The quantitative estimate of drug-likeness (QED) is 0.505. The lowest BCUT2D eigenvalue weighted by atomic mass is 9.47. The van der Waals surface area contributed by atoms with Gasteiger partial charge in [0.25, 0.3) is 0 Å². The molecule has 158 valence electrons. The third kappa shape index (κ3) is 3.34. The Morgan fingerprint density at radius 1 is 0.964 bits per heavy atom. The first-order chi connectivity index (χ1) is 13.3. The second-order valence-corrected chi connectivity index (χ2v) is 11.8. The molecule has 0 aromatic carbocycles. The van der Waals surface area contributed by atoms with Crippen molar-refractivity contribution in [3.63, 3.8) is 0 Å². The zero-order chi connectivity index (χ0) is 20.1. The Morgan fingerprint density at radius 3 is 2.50 bits per heavy atom. The van der Waals surface area contributed by atoms with Crippen LogP contribution in [0.25, 0.3) is 0 Å². The van der Waals surface area contributed by atoms with Crippen molar-refractivity contribution in [3.05, 3.63) is 24.3 Å². The van der Waals surface area contributed by atoms with Crippen LogP contribution in [0, 0.1) is 52.3 Å². The van der Waals surface area contributed by atoms with E-state index < -0.39 is 0 Å². The number of aliphatic hydroxyl groups is 1. The lowest BCUT2D eigenvalue weighted by Crippen LogP contribution is -2.51. The van der Waals surface area contributed by atoms with E-state index in [0.29, 0.717) is 11.3 Å². The molecule has 4 rings (SSSR count). The molecular formula is C27H44O. The zero-order valence-corrected chi connectivity index (χ0v) is 19.0. The van der Waals surface area contributed by atoms with Crippen LogP contribution in [0.4, 0.5) is 0 Å². The molecule has 4 aliphatic rings. The van der Waals surface area contributed by atoms with Gasteiger partial charge in [-0.15, -0.1) is 0 Å². The van der Waals surface area contributed by atoms with Crippen LogP contribution in [0.5, 0.6) is 0 Å². The summed E-state index contributed by atoms with van der Waals surface area (Å²) in [6, 6.07) is 0. The van der Waals surface area contributed by atoms with Crippen molar-refractivity contribution in [2.24, 2.45) is 52.3 Å². The number of rotatable bonds is 5. The van der Waals surface area contributed by atoms with Gasteiger partial charge in [0, 0.05) is 0 Å². The lowest BCUT2D eigenvalue weighted by molar-refractivity contribution is -0.0421. The topological polar surface area (TPSA) is 20.2 Å². The van der Waals surface area contributed by atoms with Crippen LogP contribution in [0.2, 0.25) is 0 Å². The molecule has 0 radical (unpaired) electrons. The van der Waals surface area contributed by atoms with Crippen molar-refractivity contribution >= 4 is 0 Å². The molecule has 0 aromatic rings. The molecule has 0 saturated heterocycles. The van der Waals surface area contributed by atoms with Crippen molar-refractivity contribution in [1.82, 2.24) is 0 Å². The molecule has 1 nitrogen and oxygen atoms in total. The second-order valence-electron chi connectivity index (χ2n) is 11.8. The van der Waals surface area contributed by atoms with E-state index in [9.17, 15) is 5.11 Å². The summed E-state index contributed by atoms with van der Waals surface area (Å²) in [5.74, 6) is 5.59. The van der Waals surface area contributed by atoms with Crippen molar-refractivity contribution in [3.8, 4) is 0 Å². The maximum Gasteiger partial charge on any atom is 0.0727 e. The van der Waals surface area contributed by atoms with Crippen molar-refractivity contribution in [2.45, 2.75) is 92.1 Å². The van der Waals surface area contributed by atoms with Crippen molar-refractivity contribution in [1.29, 1.82) is 0 Å². The molecule has 2 fully saturated rings. The van der Waals surface area contributed by atoms with Crippen LogP contribution >= 0.6 is 0 Å². The minimum atomic E-state index is -0.240. The molecule has 0 aromatic heterocycles. The van der Waals surface area contributed by atoms with Gasteiger partial charge < -0.3 is 5.11 Å². The molecule has 1 N–H and O–H groups in total. The monoisotopic (exact) mass is 384 g/mol. The van der Waals surface area contributed by atoms with Crippen molar-refractivity contribution in [2.75, 3.05) is 0 Å². The van der Waals surface area contributed by atoms with E-state index in [1.54, 1.807) is 0 Å². The van der Waals surface area contributed by atoms with E-state index in [1.807, 2.05) is 0 Å². The van der Waals surface area contributed by atoms with E-state index in [-0.39, 0.29) is 11.5 Å². The van der Waals surface area contributed by atoms with Gasteiger partial charge in [-0.25, -0.2) is 0 Å². The predicted octanol–water partition coefficient (Wildman–Crippen LogP) is 7.02. The summed E-state index contributed by atoms with van der Waals surface area (Å²) in [7, 11) is 0. The van der Waals surface area contributed by atoms with Crippen LogP contribution in [0.3, 0.4) is 0 Å². The Bertz CT molecular complexity index is 618. The fourth-order valence-corrected chi connectivity index (χ4v) is 8.20. The van der Waals surface area contributed by atoms with Crippen LogP contribution in [-0.2, 0) is 0 Å². The first kappa shape index (κ1) is 20.7.